The first-order valence-electron chi connectivity index (χ1n) is 13.6. The summed E-state index contributed by atoms with van der Waals surface area (Å²) >= 11 is 0. The van der Waals surface area contributed by atoms with E-state index in [1.165, 1.54) is 6.07 Å². The van der Waals surface area contributed by atoms with E-state index in [0.717, 1.165) is 5.39 Å². The molecule has 1 aromatic heterocycles. The van der Waals surface area contributed by atoms with E-state index < -0.39 is 11.4 Å². The Kier molecular flexibility index (Phi) is 8.33. The molecule has 0 aliphatic heterocycles. The molecule has 3 amide bonds. The van der Waals surface area contributed by atoms with Crippen LogP contribution in [-0.2, 0) is 11.3 Å². The number of anilines is 2. The van der Waals surface area contributed by atoms with Gasteiger partial charge in [0.2, 0.25) is 5.91 Å². The van der Waals surface area contributed by atoms with E-state index in [1.54, 1.807) is 59.2 Å². The van der Waals surface area contributed by atoms with Crippen molar-refractivity contribution in [3.8, 4) is 0 Å². The van der Waals surface area contributed by atoms with E-state index in [4.69, 9.17) is 0 Å². The molecule has 8 heteroatoms. The molecular formula is C33H37FN4O3. The van der Waals surface area contributed by atoms with Crippen molar-refractivity contribution in [1.82, 2.24) is 9.88 Å². The molecule has 0 atom stereocenters. The van der Waals surface area contributed by atoms with Crippen molar-refractivity contribution < 1.29 is 18.8 Å². The highest BCUT2D eigenvalue weighted by atomic mass is 19.1. The second-order valence-electron chi connectivity index (χ2n) is 12.5. The van der Waals surface area contributed by atoms with Crippen molar-refractivity contribution in [3.05, 3.63) is 95.4 Å². The number of hydrogen-bond acceptors (Lipinski definition) is 3. The second kappa shape index (κ2) is 11.6. The maximum atomic E-state index is 14.6. The second-order valence-corrected chi connectivity index (χ2v) is 12.5. The van der Waals surface area contributed by atoms with Crippen molar-refractivity contribution in [3.63, 3.8) is 0 Å². The van der Waals surface area contributed by atoms with Crippen LogP contribution < -0.4 is 16.0 Å². The van der Waals surface area contributed by atoms with Crippen LogP contribution in [0.3, 0.4) is 0 Å². The summed E-state index contributed by atoms with van der Waals surface area (Å²) in [6.07, 6.45) is 0.361. The standard InChI is InChI=1S/C33H37FN4O3/c1-32(2,3)19-29(39)35-25-14-15-27-23(17-25)18-28(38(27)20-22-10-7-8-13-26(22)34)31(41)36-24-12-9-11-21(16-24)30(40)37-33(4,5)6/h7-18H,19-20H2,1-6H3,(H,35,39)(H,36,41)(H,37,40). The van der Waals surface area contributed by atoms with E-state index >= 15 is 0 Å². The first kappa shape index (κ1) is 29.5. The van der Waals surface area contributed by atoms with Gasteiger partial charge in [-0.3, -0.25) is 14.4 Å². The predicted molar refractivity (Wildman–Crippen MR) is 162 cm³/mol. The molecule has 3 aromatic carbocycles. The van der Waals surface area contributed by atoms with Gasteiger partial charge in [-0.1, -0.05) is 45.0 Å². The lowest BCUT2D eigenvalue weighted by molar-refractivity contribution is -0.117. The molecule has 0 saturated carbocycles. The lowest BCUT2D eigenvalue weighted by Gasteiger charge is -2.20. The van der Waals surface area contributed by atoms with Crippen molar-refractivity contribution in [2.75, 3.05) is 10.6 Å². The van der Waals surface area contributed by atoms with Gasteiger partial charge in [-0.15, -0.1) is 0 Å². The van der Waals surface area contributed by atoms with Gasteiger partial charge < -0.3 is 20.5 Å². The molecule has 0 spiro atoms. The number of rotatable bonds is 7. The Labute approximate surface area is 240 Å². The van der Waals surface area contributed by atoms with Crippen LogP contribution in [0.25, 0.3) is 10.9 Å². The molecule has 0 aliphatic rings. The molecule has 1 heterocycles. The molecule has 0 bridgehead atoms. The molecule has 4 rings (SSSR count). The molecule has 0 fully saturated rings. The van der Waals surface area contributed by atoms with Crippen LogP contribution in [0.2, 0.25) is 0 Å². The van der Waals surface area contributed by atoms with Gasteiger partial charge in [-0.05, 0) is 74.7 Å². The van der Waals surface area contributed by atoms with Gasteiger partial charge in [0.25, 0.3) is 11.8 Å². The number of amides is 3. The summed E-state index contributed by atoms with van der Waals surface area (Å²) in [5.41, 5.74) is 2.37. The summed E-state index contributed by atoms with van der Waals surface area (Å²) in [6.45, 7) is 11.8. The maximum absolute atomic E-state index is 14.6. The number of nitrogens with one attached hydrogen (secondary N) is 3. The number of benzene rings is 3. The van der Waals surface area contributed by atoms with Crippen LogP contribution in [0.1, 0.15) is 74.4 Å². The monoisotopic (exact) mass is 556 g/mol. The van der Waals surface area contributed by atoms with E-state index in [9.17, 15) is 18.8 Å². The van der Waals surface area contributed by atoms with Crippen LogP contribution in [-0.4, -0.2) is 27.8 Å². The van der Waals surface area contributed by atoms with Crippen LogP contribution in [0.4, 0.5) is 15.8 Å². The Hall–Kier alpha value is -4.46. The summed E-state index contributed by atoms with van der Waals surface area (Å²) in [4.78, 5) is 38.8. The largest absolute Gasteiger partial charge is 0.347 e. The zero-order chi connectivity index (χ0) is 29.9. The minimum Gasteiger partial charge on any atom is -0.347 e. The number of carbonyl (C=O) groups is 3. The average molecular weight is 557 g/mol. The molecule has 214 valence electrons. The third-order valence-electron chi connectivity index (χ3n) is 6.27. The highest BCUT2D eigenvalue weighted by Crippen LogP contribution is 2.27. The van der Waals surface area contributed by atoms with Gasteiger partial charge >= 0.3 is 0 Å². The highest BCUT2D eigenvalue weighted by molar-refractivity contribution is 6.07. The lowest BCUT2D eigenvalue weighted by Crippen LogP contribution is -2.40. The molecule has 3 N–H and O–H groups in total. The SMILES string of the molecule is CC(C)(C)CC(=O)Nc1ccc2c(c1)cc(C(=O)Nc1cccc(C(=O)NC(C)(C)C)c1)n2Cc1ccccc1F. The van der Waals surface area contributed by atoms with E-state index in [2.05, 4.69) is 16.0 Å². The molecule has 7 nitrogen and oxygen atoms in total. The van der Waals surface area contributed by atoms with Crippen LogP contribution >= 0.6 is 0 Å². The molecule has 4 aromatic rings. The third kappa shape index (κ3) is 7.81. The topological polar surface area (TPSA) is 92.2 Å². The van der Waals surface area contributed by atoms with Crippen LogP contribution in [0.5, 0.6) is 0 Å². The Morgan fingerprint density at radius 3 is 2.17 bits per heavy atom. The fraction of sp³-hybridized carbons (Fsp3) is 0.303. The smallest absolute Gasteiger partial charge is 0.272 e. The third-order valence-corrected chi connectivity index (χ3v) is 6.27. The van der Waals surface area contributed by atoms with E-state index in [1.807, 2.05) is 53.7 Å². The molecule has 0 radical (unpaired) electrons. The number of aromatic nitrogens is 1. The average Bonchev–Trinajstić information content (AvgIpc) is 3.21. The Balaban J connectivity index is 1.68. The van der Waals surface area contributed by atoms with Gasteiger partial charge in [0.15, 0.2) is 0 Å². The van der Waals surface area contributed by atoms with Crippen molar-refractivity contribution in [2.24, 2.45) is 5.41 Å². The Morgan fingerprint density at radius 2 is 1.49 bits per heavy atom. The van der Waals surface area contributed by atoms with Crippen molar-refractivity contribution in [2.45, 2.75) is 60.0 Å². The zero-order valence-electron chi connectivity index (χ0n) is 24.4. The van der Waals surface area contributed by atoms with E-state index in [-0.39, 0.29) is 29.6 Å². The summed E-state index contributed by atoms with van der Waals surface area (Å²) < 4.78 is 16.4. The zero-order valence-corrected chi connectivity index (χ0v) is 24.4. The van der Waals surface area contributed by atoms with Gasteiger partial charge in [0.05, 0.1) is 6.54 Å². The predicted octanol–water partition coefficient (Wildman–Crippen LogP) is 6.98. The Morgan fingerprint density at radius 1 is 0.780 bits per heavy atom. The van der Waals surface area contributed by atoms with Crippen molar-refractivity contribution in [1.29, 1.82) is 0 Å². The minimum absolute atomic E-state index is 0.101. The quantitative estimate of drug-likeness (QED) is 0.229. The first-order chi connectivity index (χ1) is 19.2. The number of carbonyl (C=O) groups excluding carboxylic acids is 3. The van der Waals surface area contributed by atoms with Gasteiger partial charge in [0.1, 0.15) is 11.5 Å². The first-order valence-corrected chi connectivity index (χ1v) is 13.6. The number of fused-ring (bicyclic) bond motifs is 1. The summed E-state index contributed by atoms with van der Waals surface area (Å²) in [6, 6.07) is 20.3. The normalized spacial score (nSPS) is 11.8. The maximum Gasteiger partial charge on any atom is 0.272 e. The summed E-state index contributed by atoms with van der Waals surface area (Å²) in [5.74, 6) is -1.13. The molecule has 0 saturated heterocycles. The van der Waals surface area contributed by atoms with E-state index in [0.29, 0.717) is 40.1 Å². The number of halogens is 1. The number of nitrogens with zero attached hydrogens (tertiary/aromatic N) is 1. The summed E-state index contributed by atoms with van der Waals surface area (Å²) in [7, 11) is 0. The van der Waals surface area contributed by atoms with Gasteiger partial charge in [-0.25, -0.2) is 4.39 Å². The lowest BCUT2D eigenvalue weighted by atomic mass is 9.92. The minimum atomic E-state index is -0.413. The van der Waals surface area contributed by atoms with Crippen molar-refractivity contribution >= 4 is 40.0 Å². The number of hydrogen-bond donors (Lipinski definition) is 3. The summed E-state index contributed by atoms with van der Waals surface area (Å²) in [5, 5.41) is 9.46. The highest BCUT2D eigenvalue weighted by Gasteiger charge is 2.20. The van der Waals surface area contributed by atoms with Crippen LogP contribution in [0.15, 0.2) is 72.8 Å². The molecule has 41 heavy (non-hydrogen) atoms. The Bertz CT molecular complexity index is 1610. The fourth-order valence-corrected chi connectivity index (χ4v) is 4.54. The fourth-order valence-electron chi connectivity index (χ4n) is 4.54. The van der Waals surface area contributed by atoms with Gasteiger partial charge in [-0.2, -0.15) is 0 Å². The molecule has 0 unspecified atom stereocenters. The van der Waals surface area contributed by atoms with Gasteiger partial charge in [0, 0.05) is 45.4 Å². The molecular weight excluding hydrogens is 519 g/mol. The van der Waals surface area contributed by atoms with Crippen LogP contribution in [0, 0.1) is 11.2 Å². The molecule has 0 aliphatic carbocycles.